The Balaban J connectivity index is 0.000000175. The predicted octanol–water partition coefficient (Wildman–Crippen LogP) is 3.33. The van der Waals surface area contributed by atoms with Crippen LogP contribution in [-0.2, 0) is 53.0 Å². The second-order valence-corrected chi connectivity index (χ2v) is 18.8. The molecule has 4 N–H and O–H groups in total. The summed E-state index contributed by atoms with van der Waals surface area (Å²) in [6.45, 7) is 14.2. The second kappa shape index (κ2) is 18.6. The van der Waals surface area contributed by atoms with Crippen LogP contribution in [-0.4, -0.2) is 123 Å². The maximum atomic E-state index is 12.8. The summed E-state index contributed by atoms with van der Waals surface area (Å²) in [5.74, 6) is -1.23. The number of hydrogen-bond acceptors (Lipinski definition) is 12. The molecule has 2 aromatic rings. The highest BCUT2D eigenvalue weighted by molar-refractivity contribution is 6.06. The minimum absolute atomic E-state index is 0.00696. The number of fused-ring (bicyclic) bond motifs is 2. The lowest BCUT2D eigenvalue weighted by molar-refractivity contribution is -0.138. The van der Waals surface area contributed by atoms with E-state index < -0.39 is 35.1 Å². The van der Waals surface area contributed by atoms with Crippen LogP contribution in [0.3, 0.4) is 0 Å². The first-order chi connectivity index (χ1) is 29.6. The fourth-order valence-corrected chi connectivity index (χ4v) is 8.05. The van der Waals surface area contributed by atoms with Crippen molar-refractivity contribution in [1.29, 1.82) is 0 Å². The molecule has 18 heteroatoms. The number of anilines is 1. The molecule has 6 aliphatic rings. The van der Waals surface area contributed by atoms with E-state index in [2.05, 4.69) is 10.6 Å². The molecule has 6 heterocycles. The Morgan fingerprint density at radius 3 is 1.62 bits per heavy atom. The van der Waals surface area contributed by atoms with Crippen molar-refractivity contribution >= 4 is 59.6 Å². The smallest absolute Gasteiger partial charge is 0.410 e. The molecule has 338 valence electrons. The number of likely N-dealkylation sites (tertiary alicyclic amines) is 2. The first-order valence-electron chi connectivity index (χ1n) is 21.3. The molecular formula is C45H57N7O11. The quantitative estimate of drug-likeness (QED) is 0.216. The average Bonchev–Trinajstić information content (AvgIpc) is 3.64. The maximum Gasteiger partial charge on any atom is 0.410 e. The van der Waals surface area contributed by atoms with Gasteiger partial charge in [-0.1, -0.05) is 12.1 Å². The van der Waals surface area contributed by atoms with Crippen molar-refractivity contribution in [3.63, 3.8) is 0 Å². The number of amides is 8. The van der Waals surface area contributed by atoms with Crippen LogP contribution in [0, 0.1) is 11.8 Å². The molecular weight excluding hydrogens is 815 g/mol. The summed E-state index contributed by atoms with van der Waals surface area (Å²) in [5, 5.41) is 4.59. The maximum absolute atomic E-state index is 12.8. The summed E-state index contributed by atoms with van der Waals surface area (Å²) in [4.78, 5) is 111. The highest BCUT2D eigenvalue weighted by Gasteiger charge is 2.41. The monoisotopic (exact) mass is 871 g/mol. The second-order valence-electron chi connectivity index (χ2n) is 18.8. The Bertz CT molecular complexity index is 2180. The topological polar surface area (TPSA) is 235 Å². The van der Waals surface area contributed by atoms with Gasteiger partial charge in [0.05, 0.1) is 5.92 Å². The van der Waals surface area contributed by atoms with Crippen LogP contribution in [0.2, 0.25) is 0 Å². The van der Waals surface area contributed by atoms with Gasteiger partial charge in [-0.3, -0.25) is 39.4 Å². The molecule has 0 radical (unpaired) electrons. The van der Waals surface area contributed by atoms with E-state index in [-0.39, 0.29) is 54.6 Å². The molecule has 63 heavy (non-hydrogen) atoms. The van der Waals surface area contributed by atoms with Gasteiger partial charge in [-0.05, 0) is 114 Å². The Morgan fingerprint density at radius 2 is 1.16 bits per heavy atom. The van der Waals surface area contributed by atoms with Crippen molar-refractivity contribution in [3.8, 4) is 0 Å². The zero-order chi connectivity index (χ0) is 46.0. The van der Waals surface area contributed by atoms with Crippen molar-refractivity contribution in [2.75, 3.05) is 31.9 Å². The summed E-state index contributed by atoms with van der Waals surface area (Å²) in [5.41, 5.74) is 9.47. The number of benzene rings is 2. The minimum Gasteiger partial charge on any atom is -0.444 e. The number of nitrogens with two attached hydrogens (primary N) is 1. The third-order valence-corrected chi connectivity index (χ3v) is 11.3. The molecule has 0 aromatic heterocycles. The predicted molar refractivity (Wildman–Crippen MR) is 226 cm³/mol. The molecule has 18 nitrogen and oxygen atoms in total. The van der Waals surface area contributed by atoms with E-state index in [1.165, 1.54) is 9.80 Å². The lowest BCUT2D eigenvalue weighted by atomic mass is 9.92. The van der Waals surface area contributed by atoms with Crippen LogP contribution in [0.5, 0.6) is 0 Å². The first kappa shape index (κ1) is 46.2. The number of carbonyl (C=O) groups is 9. The Kier molecular flexibility index (Phi) is 13.6. The Labute approximate surface area is 366 Å². The number of aldehydes is 1. The largest absolute Gasteiger partial charge is 0.444 e. The molecule has 6 aliphatic heterocycles. The highest BCUT2D eigenvalue weighted by Crippen LogP contribution is 2.31. The third kappa shape index (κ3) is 11.4. The average molecular weight is 872 g/mol. The number of aryl methyl sites for hydroxylation is 1. The van der Waals surface area contributed by atoms with Crippen LogP contribution < -0.4 is 16.4 Å². The Morgan fingerprint density at radius 1 is 0.698 bits per heavy atom. The van der Waals surface area contributed by atoms with E-state index in [1.807, 2.05) is 59.7 Å². The SMILES string of the molecule is CC(C)(C)OC(=O)N1CC(C=O)C1.CC(C)(C)OC(=O)N1CC(CCc2ccc3c(c2)CN(C2CCC(=O)NC2=O)C3=O)C1.Nc1ccc2c(c1)CN(C1CCC(=O)NC1=O)C2=O. The molecule has 0 bridgehead atoms. The zero-order valence-corrected chi connectivity index (χ0v) is 36.7. The molecule has 0 spiro atoms. The fourth-order valence-electron chi connectivity index (χ4n) is 8.05. The minimum atomic E-state index is -0.588. The molecule has 0 saturated carbocycles. The van der Waals surface area contributed by atoms with E-state index in [0.717, 1.165) is 35.8 Å². The van der Waals surface area contributed by atoms with E-state index >= 15 is 0 Å². The molecule has 0 aliphatic carbocycles. The number of hydrogen-bond donors (Lipinski definition) is 3. The van der Waals surface area contributed by atoms with Crippen LogP contribution in [0.15, 0.2) is 36.4 Å². The van der Waals surface area contributed by atoms with Gasteiger partial charge in [-0.2, -0.15) is 0 Å². The van der Waals surface area contributed by atoms with Gasteiger partial charge in [0, 0.05) is 68.9 Å². The number of imide groups is 2. The van der Waals surface area contributed by atoms with Gasteiger partial charge in [0.15, 0.2) is 0 Å². The van der Waals surface area contributed by atoms with Crippen molar-refractivity contribution in [1.82, 2.24) is 30.2 Å². The molecule has 2 unspecified atom stereocenters. The number of carbonyl (C=O) groups excluding carboxylic acids is 9. The van der Waals surface area contributed by atoms with Gasteiger partial charge in [-0.15, -0.1) is 0 Å². The van der Waals surface area contributed by atoms with E-state index in [9.17, 15) is 43.2 Å². The molecule has 8 amide bonds. The van der Waals surface area contributed by atoms with Crippen molar-refractivity contribution in [2.45, 2.75) is 116 Å². The molecule has 2 atom stereocenters. The van der Waals surface area contributed by atoms with Gasteiger partial charge >= 0.3 is 12.2 Å². The fraction of sp³-hybridized carbons (Fsp3) is 0.533. The van der Waals surface area contributed by atoms with Gasteiger partial charge < -0.3 is 39.6 Å². The normalized spacial score (nSPS) is 21.1. The summed E-state index contributed by atoms with van der Waals surface area (Å²) in [6.07, 6.45) is 3.38. The number of nitrogens with one attached hydrogen (secondary N) is 2. The molecule has 2 aromatic carbocycles. The third-order valence-electron chi connectivity index (χ3n) is 11.3. The standard InChI is InChI=1S/C23H29N3O5.C13H13N3O3.C9H15NO3/c1-23(2,3)31-22(30)25-11-15(12-25)5-4-14-6-7-17-16(10-14)13-26(21(17)29)18-8-9-19(27)24-20(18)28;14-8-1-2-9-7(5-8)6-16(13(9)19)10-3-4-11(17)15-12(10)18;1-9(2,3)13-8(12)10-4-7(5-10)6-11/h6-7,10,15,18H,4-5,8-9,11-13H2,1-3H3,(H,24,27,28);1-2,5,10H,3-4,6,14H2,(H,15,17,18);6-7H,4-5H2,1-3H3. The van der Waals surface area contributed by atoms with E-state index in [1.54, 1.807) is 28.0 Å². The molecule has 8 rings (SSSR count). The van der Waals surface area contributed by atoms with E-state index in [0.29, 0.717) is 74.8 Å². The van der Waals surface area contributed by atoms with Crippen molar-refractivity contribution in [2.24, 2.45) is 11.8 Å². The van der Waals surface area contributed by atoms with Crippen LogP contribution in [0.4, 0.5) is 15.3 Å². The van der Waals surface area contributed by atoms with Gasteiger partial charge in [0.2, 0.25) is 23.6 Å². The summed E-state index contributed by atoms with van der Waals surface area (Å²) in [6, 6.07) is 9.79. The van der Waals surface area contributed by atoms with Gasteiger partial charge in [0.25, 0.3) is 11.8 Å². The Hall–Kier alpha value is -6.33. The highest BCUT2D eigenvalue weighted by atomic mass is 16.6. The van der Waals surface area contributed by atoms with Crippen LogP contribution >= 0.6 is 0 Å². The number of ether oxygens (including phenoxy) is 2. The summed E-state index contributed by atoms with van der Waals surface area (Å²) >= 11 is 0. The number of piperidine rings is 2. The zero-order valence-electron chi connectivity index (χ0n) is 36.7. The van der Waals surface area contributed by atoms with Crippen molar-refractivity contribution < 1.29 is 52.6 Å². The first-order valence-corrected chi connectivity index (χ1v) is 21.3. The van der Waals surface area contributed by atoms with Gasteiger partial charge in [0.1, 0.15) is 29.6 Å². The number of rotatable bonds is 6. The molecule has 4 fully saturated rings. The molecule has 4 saturated heterocycles. The van der Waals surface area contributed by atoms with E-state index in [4.69, 9.17) is 15.2 Å². The van der Waals surface area contributed by atoms with Crippen LogP contribution in [0.25, 0.3) is 0 Å². The summed E-state index contributed by atoms with van der Waals surface area (Å²) < 4.78 is 10.5. The number of nitrogen functional groups attached to an aromatic ring is 1. The number of nitrogens with zero attached hydrogens (tertiary/aromatic N) is 4. The summed E-state index contributed by atoms with van der Waals surface area (Å²) in [7, 11) is 0. The van der Waals surface area contributed by atoms with Crippen LogP contribution in [0.1, 0.15) is 111 Å². The van der Waals surface area contributed by atoms with Crippen molar-refractivity contribution in [3.05, 3.63) is 64.2 Å². The lowest BCUT2D eigenvalue weighted by Gasteiger charge is -2.39. The lowest BCUT2D eigenvalue weighted by Crippen LogP contribution is -2.52. The van der Waals surface area contributed by atoms with Gasteiger partial charge in [-0.25, -0.2) is 9.59 Å².